The molecule has 164 valence electrons. The summed E-state index contributed by atoms with van der Waals surface area (Å²) in [4.78, 5) is 25.4. The zero-order chi connectivity index (χ0) is 21.9. The topological polar surface area (TPSA) is 70.7 Å². The summed E-state index contributed by atoms with van der Waals surface area (Å²) in [6.07, 6.45) is 2.00. The Labute approximate surface area is 180 Å². The largest absolute Gasteiger partial charge is 0.468 e. The van der Waals surface area contributed by atoms with Crippen LogP contribution in [0.25, 0.3) is 10.8 Å². The minimum absolute atomic E-state index is 0.0853. The fourth-order valence-electron chi connectivity index (χ4n) is 3.84. The van der Waals surface area contributed by atoms with E-state index in [0.29, 0.717) is 12.1 Å². The molecule has 1 aliphatic rings. The third kappa shape index (κ3) is 6.54. The summed E-state index contributed by atoms with van der Waals surface area (Å²) in [6, 6.07) is 15.7. The number of carbonyl (C=O) groups is 2. The van der Waals surface area contributed by atoms with Crippen molar-refractivity contribution in [2.24, 2.45) is 0 Å². The molecule has 1 amide bonds. The van der Waals surface area contributed by atoms with Crippen molar-refractivity contribution in [3.8, 4) is 0 Å². The second-order valence-corrected chi connectivity index (χ2v) is 7.29. The van der Waals surface area contributed by atoms with E-state index in [0.717, 1.165) is 25.9 Å². The van der Waals surface area contributed by atoms with Gasteiger partial charge in [0, 0.05) is 25.2 Å². The maximum absolute atomic E-state index is 11.8. The smallest absolute Gasteiger partial charge is 0.325 e. The number of methoxy groups -OCH3 is 1. The molecular weight excluding hydrogens is 378 g/mol. The standard InChI is InChI=1S/C22H29N3O3.C2H6/c1-16(19-9-5-7-17-6-3-4-8-20(17)19)25-12-10-18(11-13-25)23-14-21(26)24-15-22(27)28-2;1-2/h3-9,16,18,23H,10-15H2,1-2H3,(H,24,26);1-2H3. The van der Waals surface area contributed by atoms with Gasteiger partial charge in [-0.25, -0.2) is 0 Å². The van der Waals surface area contributed by atoms with Crippen molar-refractivity contribution in [2.45, 2.75) is 45.7 Å². The summed E-state index contributed by atoms with van der Waals surface area (Å²) >= 11 is 0. The molecular formula is C24H35N3O3. The van der Waals surface area contributed by atoms with Crippen LogP contribution in [0.5, 0.6) is 0 Å². The molecule has 0 aromatic heterocycles. The van der Waals surface area contributed by atoms with Gasteiger partial charge >= 0.3 is 5.97 Å². The molecule has 1 atom stereocenters. The van der Waals surface area contributed by atoms with Crippen molar-refractivity contribution >= 4 is 22.6 Å². The number of rotatable bonds is 7. The maximum Gasteiger partial charge on any atom is 0.325 e. The number of hydrogen-bond acceptors (Lipinski definition) is 5. The van der Waals surface area contributed by atoms with Gasteiger partial charge in [0.2, 0.25) is 5.91 Å². The van der Waals surface area contributed by atoms with Gasteiger partial charge in [-0.3, -0.25) is 14.5 Å². The number of amides is 1. The van der Waals surface area contributed by atoms with E-state index in [1.54, 1.807) is 0 Å². The fraction of sp³-hybridized carbons (Fsp3) is 0.500. The SMILES string of the molecule is CC.COC(=O)CNC(=O)CNC1CCN(C(C)c2cccc3ccccc23)CC1. The predicted molar refractivity (Wildman–Crippen MR) is 121 cm³/mol. The number of piperidine rings is 1. The summed E-state index contributed by atoms with van der Waals surface area (Å²) in [5.41, 5.74) is 1.37. The molecule has 1 heterocycles. The van der Waals surface area contributed by atoms with E-state index < -0.39 is 5.97 Å². The van der Waals surface area contributed by atoms with Gasteiger partial charge in [-0.15, -0.1) is 0 Å². The Morgan fingerprint density at radius 1 is 1.07 bits per heavy atom. The predicted octanol–water partition coefficient (Wildman–Crippen LogP) is 3.27. The minimum atomic E-state index is -0.441. The molecule has 0 spiro atoms. The first-order valence-electron chi connectivity index (χ1n) is 10.9. The van der Waals surface area contributed by atoms with Crippen LogP contribution in [-0.2, 0) is 14.3 Å². The lowest BCUT2D eigenvalue weighted by Crippen LogP contribution is -2.46. The zero-order valence-corrected chi connectivity index (χ0v) is 18.6. The molecule has 2 N–H and O–H groups in total. The van der Waals surface area contributed by atoms with Gasteiger partial charge in [0.1, 0.15) is 6.54 Å². The number of likely N-dealkylation sites (tertiary alicyclic amines) is 1. The highest BCUT2D eigenvalue weighted by molar-refractivity contribution is 5.86. The first-order chi connectivity index (χ1) is 14.6. The number of nitrogens with one attached hydrogen (secondary N) is 2. The van der Waals surface area contributed by atoms with E-state index in [4.69, 9.17) is 0 Å². The number of benzene rings is 2. The van der Waals surface area contributed by atoms with Crippen LogP contribution in [0.2, 0.25) is 0 Å². The van der Waals surface area contributed by atoms with Gasteiger partial charge in [0.05, 0.1) is 13.7 Å². The number of nitrogens with zero attached hydrogens (tertiary/aromatic N) is 1. The van der Waals surface area contributed by atoms with Crippen LogP contribution < -0.4 is 10.6 Å². The molecule has 6 nitrogen and oxygen atoms in total. The quantitative estimate of drug-likeness (QED) is 0.682. The highest BCUT2D eigenvalue weighted by atomic mass is 16.5. The summed E-state index contributed by atoms with van der Waals surface area (Å²) in [5, 5.41) is 8.45. The average Bonchev–Trinajstić information content (AvgIpc) is 2.82. The molecule has 0 aliphatic carbocycles. The molecule has 2 aromatic carbocycles. The number of carbonyl (C=O) groups excluding carboxylic acids is 2. The second kappa shape index (κ2) is 12.3. The molecule has 0 radical (unpaired) electrons. The van der Waals surface area contributed by atoms with Gasteiger partial charge in [-0.1, -0.05) is 56.3 Å². The van der Waals surface area contributed by atoms with Crippen molar-refractivity contribution in [3.05, 3.63) is 48.0 Å². The number of esters is 1. The molecule has 1 fully saturated rings. The van der Waals surface area contributed by atoms with Crippen molar-refractivity contribution in [1.82, 2.24) is 15.5 Å². The Hall–Kier alpha value is -2.44. The molecule has 3 rings (SSSR count). The van der Waals surface area contributed by atoms with Crippen molar-refractivity contribution in [3.63, 3.8) is 0 Å². The monoisotopic (exact) mass is 413 g/mol. The minimum Gasteiger partial charge on any atom is -0.468 e. The third-order valence-corrected chi connectivity index (χ3v) is 5.56. The van der Waals surface area contributed by atoms with Crippen LogP contribution in [0, 0.1) is 0 Å². The van der Waals surface area contributed by atoms with E-state index in [9.17, 15) is 9.59 Å². The molecule has 0 saturated carbocycles. The lowest BCUT2D eigenvalue weighted by Gasteiger charge is -2.37. The molecule has 1 saturated heterocycles. The molecule has 1 aliphatic heterocycles. The summed E-state index contributed by atoms with van der Waals surface area (Å²) in [7, 11) is 1.31. The Balaban J connectivity index is 0.00000155. The normalized spacial score (nSPS) is 15.7. The second-order valence-electron chi connectivity index (χ2n) is 7.29. The Morgan fingerprint density at radius 2 is 1.73 bits per heavy atom. The molecule has 6 heteroatoms. The number of ether oxygens (including phenoxy) is 1. The van der Waals surface area contributed by atoms with Crippen LogP contribution in [0.15, 0.2) is 42.5 Å². The van der Waals surface area contributed by atoms with E-state index >= 15 is 0 Å². The molecule has 0 bridgehead atoms. The zero-order valence-electron chi connectivity index (χ0n) is 18.6. The van der Waals surface area contributed by atoms with E-state index in [1.165, 1.54) is 23.4 Å². The molecule has 2 aromatic rings. The van der Waals surface area contributed by atoms with Crippen LogP contribution >= 0.6 is 0 Å². The number of hydrogen-bond donors (Lipinski definition) is 2. The maximum atomic E-state index is 11.8. The summed E-state index contributed by atoms with van der Waals surface area (Å²) in [5.74, 6) is -0.624. The van der Waals surface area contributed by atoms with Gasteiger partial charge in [-0.2, -0.15) is 0 Å². The van der Waals surface area contributed by atoms with Crippen LogP contribution in [-0.4, -0.2) is 56.1 Å². The summed E-state index contributed by atoms with van der Waals surface area (Å²) in [6.45, 7) is 8.39. The highest BCUT2D eigenvalue weighted by Gasteiger charge is 2.24. The van der Waals surface area contributed by atoms with E-state index in [2.05, 4.69) is 69.7 Å². The highest BCUT2D eigenvalue weighted by Crippen LogP contribution is 2.29. The van der Waals surface area contributed by atoms with Crippen molar-refractivity contribution in [1.29, 1.82) is 0 Å². The van der Waals surface area contributed by atoms with Gasteiger partial charge < -0.3 is 15.4 Å². The fourth-order valence-corrected chi connectivity index (χ4v) is 3.84. The molecule has 1 unspecified atom stereocenters. The van der Waals surface area contributed by atoms with Crippen LogP contribution in [0.3, 0.4) is 0 Å². The lowest BCUT2D eigenvalue weighted by molar-refractivity contribution is -0.141. The Bertz CT molecular complexity index is 811. The third-order valence-electron chi connectivity index (χ3n) is 5.56. The Kier molecular flexibility index (Phi) is 9.77. The first kappa shape index (κ1) is 23.8. The van der Waals surface area contributed by atoms with Gasteiger partial charge in [0.25, 0.3) is 0 Å². The van der Waals surface area contributed by atoms with Crippen molar-refractivity contribution < 1.29 is 14.3 Å². The van der Waals surface area contributed by atoms with Crippen molar-refractivity contribution in [2.75, 3.05) is 33.3 Å². The van der Waals surface area contributed by atoms with E-state index in [-0.39, 0.29) is 19.0 Å². The lowest BCUT2D eigenvalue weighted by atomic mass is 9.96. The van der Waals surface area contributed by atoms with Gasteiger partial charge in [-0.05, 0) is 36.1 Å². The van der Waals surface area contributed by atoms with Gasteiger partial charge in [0.15, 0.2) is 0 Å². The van der Waals surface area contributed by atoms with Crippen LogP contribution in [0.4, 0.5) is 0 Å². The first-order valence-corrected chi connectivity index (χ1v) is 10.9. The summed E-state index contributed by atoms with van der Waals surface area (Å²) < 4.78 is 4.51. The van der Waals surface area contributed by atoms with Crippen LogP contribution in [0.1, 0.15) is 45.2 Å². The van der Waals surface area contributed by atoms with E-state index in [1.807, 2.05) is 13.8 Å². The Morgan fingerprint density at radius 3 is 2.43 bits per heavy atom. The average molecular weight is 414 g/mol. The number of fused-ring (bicyclic) bond motifs is 1. The molecule has 30 heavy (non-hydrogen) atoms.